The second kappa shape index (κ2) is 8.98. The molecule has 0 saturated heterocycles. The van der Waals surface area contributed by atoms with Crippen molar-refractivity contribution in [1.82, 2.24) is 0 Å². The molecule has 0 aliphatic carbocycles. The summed E-state index contributed by atoms with van der Waals surface area (Å²) in [6.45, 7) is 7.89. The molecule has 1 rings (SSSR count). The summed E-state index contributed by atoms with van der Waals surface area (Å²) in [5.41, 5.74) is -0.129. The van der Waals surface area contributed by atoms with Crippen molar-refractivity contribution in [2.45, 2.75) is 27.7 Å². The van der Waals surface area contributed by atoms with Crippen molar-refractivity contribution in [3.8, 4) is 5.75 Å². The van der Waals surface area contributed by atoms with E-state index in [1.54, 1.807) is 19.1 Å². The number of hydrogen-bond donors (Lipinski definition) is 0. The first-order chi connectivity index (χ1) is 8.65. The van der Waals surface area contributed by atoms with Crippen LogP contribution in [0.4, 0.5) is 5.69 Å². The van der Waals surface area contributed by atoms with Gasteiger partial charge in [0.25, 0.3) is 0 Å². The molecule has 0 aliphatic heterocycles. The third kappa shape index (κ3) is 5.29. The number of para-hydroxylation sites is 2. The molecule has 0 radical (unpaired) electrons. The van der Waals surface area contributed by atoms with Gasteiger partial charge in [-0.05, 0) is 18.1 Å². The van der Waals surface area contributed by atoms with Gasteiger partial charge in [-0.3, -0.25) is 10.1 Å². The van der Waals surface area contributed by atoms with Gasteiger partial charge < -0.3 is 9.57 Å². The maximum Gasteiger partial charge on any atom is 0.314 e. The van der Waals surface area contributed by atoms with Crippen LogP contribution in [-0.4, -0.2) is 17.4 Å². The maximum absolute atomic E-state index is 10.6. The molecule has 18 heavy (non-hydrogen) atoms. The van der Waals surface area contributed by atoms with Crippen LogP contribution in [0.25, 0.3) is 0 Å². The van der Waals surface area contributed by atoms with Gasteiger partial charge in [0, 0.05) is 13.0 Å². The summed E-state index contributed by atoms with van der Waals surface area (Å²) >= 11 is 0. The normalized spacial score (nSPS) is 10.1. The van der Waals surface area contributed by atoms with E-state index in [1.165, 1.54) is 12.1 Å². The molecule has 0 saturated carbocycles. The Labute approximate surface area is 106 Å². The summed E-state index contributed by atoms with van der Waals surface area (Å²) in [5.74, 6) is 0.409. The predicted molar refractivity (Wildman–Crippen MR) is 69.8 cm³/mol. The van der Waals surface area contributed by atoms with Crippen LogP contribution in [-0.2, 0) is 4.74 Å². The predicted octanol–water partition coefficient (Wildman–Crippen LogP) is 3.37. The zero-order valence-corrected chi connectivity index (χ0v) is 11.0. The summed E-state index contributed by atoms with van der Waals surface area (Å²) < 4.78 is 5.02. The van der Waals surface area contributed by atoms with E-state index in [9.17, 15) is 10.1 Å². The fourth-order valence-electron chi connectivity index (χ4n) is 1.03. The van der Waals surface area contributed by atoms with Gasteiger partial charge in [0.05, 0.1) is 11.5 Å². The highest BCUT2D eigenvalue weighted by molar-refractivity contribution is 5.72. The van der Waals surface area contributed by atoms with Crippen molar-refractivity contribution in [3.05, 3.63) is 34.4 Å². The molecule has 0 N–H and O–H groups in total. The van der Waals surface area contributed by atoms with Gasteiger partial charge in [-0.25, -0.2) is 0 Å². The van der Waals surface area contributed by atoms with E-state index in [1.807, 2.05) is 20.8 Å². The van der Waals surface area contributed by atoms with E-state index in [4.69, 9.17) is 9.57 Å². The second-order valence-corrected chi connectivity index (χ2v) is 2.86. The van der Waals surface area contributed by atoms with Crippen LogP contribution in [0.1, 0.15) is 27.7 Å². The Bertz CT molecular complexity index is 405. The molecule has 0 heterocycles. The van der Waals surface area contributed by atoms with Crippen molar-refractivity contribution in [2.75, 3.05) is 6.61 Å². The lowest BCUT2D eigenvalue weighted by atomic mass is 10.3. The number of oxime groups is 1. The molecule has 0 aromatic heterocycles. The first kappa shape index (κ1) is 15.9. The van der Waals surface area contributed by atoms with E-state index < -0.39 is 4.92 Å². The SMILES string of the molecule is CC.CCO/C(C)=N/Oc1ccccc1[N+](=O)[O-]. The van der Waals surface area contributed by atoms with Crippen LogP contribution < -0.4 is 4.84 Å². The zero-order chi connectivity index (χ0) is 14.0. The van der Waals surface area contributed by atoms with Crippen molar-refractivity contribution in [3.63, 3.8) is 0 Å². The average molecular weight is 254 g/mol. The number of nitro benzene ring substituents is 1. The summed E-state index contributed by atoms with van der Waals surface area (Å²) in [6, 6.07) is 6.01. The lowest BCUT2D eigenvalue weighted by Crippen LogP contribution is -2.01. The van der Waals surface area contributed by atoms with Gasteiger partial charge in [-0.1, -0.05) is 26.0 Å². The van der Waals surface area contributed by atoms with Gasteiger partial charge in [0.1, 0.15) is 0 Å². The third-order valence-electron chi connectivity index (χ3n) is 1.69. The lowest BCUT2D eigenvalue weighted by molar-refractivity contribution is -0.385. The second-order valence-electron chi connectivity index (χ2n) is 2.86. The lowest BCUT2D eigenvalue weighted by Gasteiger charge is -2.02. The molecule has 6 nitrogen and oxygen atoms in total. The van der Waals surface area contributed by atoms with E-state index in [-0.39, 0.29) is 11.4 Å². The Balaban J connectivity index is 0.00000137. The quantitative estimate of drug-likeness (QED) is 0.357. The zero-order valence-electron chi connectivity index (χ0n) is 11.0. The minimum Gasteiger partial charge on any atom is -0.479 e. The molecule has 0 unspecified atom stereocenters. The molecule has 0 atom stereocenters. The largest absolute Gasteiger partial charge is 0.479 e. The number of benzene rings is 1. The van der Waals surface area contributed by atoms with E-state index in [2.05, 4.69) is 5.16 Å². The molecular formula is C12H18N2O4. The molecule has 0 fully saturated rings. The molecule has 0 amide bonds. The highest BCUT2D eigenvalue weighted by Gasteiger charge is 2.13. The van der Waals surface area contributed by atoms with E-state index in [0.29, 0.717) is 12.5 Å². The number of hydrogen-bond acceptors (Lipinski definition) is 5. The summed E-state index contributed by atoms with van der Waals surface area (Å²) in [5, 5.41) is 14.3. The first-order valence-electron chi connectivity index (χ1n) is 5.73. The Morgan fingerprint density at radius 1 is 1.39 bits per heavy atom. The molecule has 1 aromatic carbocycles. The van der Waals surface area contributed by atoms with Crippen molar-refractivity contribution in [1.29, 1.82) is 0 Å². The van der Waals surface area contributed by atoms with Gasteiger partial charge >= 0.3 is 5.69 Å². The minimum atomic E-state index is -0.527. The number of nitrogens with zero attached hydrogens (tertiary/aromatic N) is 2. The Kier molecular flexibility index (Phi) is 7.92. The van der Waals surface area contributed by atoms with Crippen molar-refractivity contribution < 1.29 is 14.5 Å². The standard InChI is InChI=1S/C10H12N2O4.C2H6/c1-3-15-8(2)11-16-10-7-5-4-6-9(10)12(13)14;1-2/h4-7H,3H2,1-2H3;1-2H3/b11-8+;. The molecule has 0 aliphatic rings. The maximum atomic E-state index is 10.6. The van der Waals surface area contributed by atoms with Gasteiger partial charge in [-0.15, -0.1) is 0 Å². The van der Waals surface area contributed by atoms with Gasteiger partial charge in [0.15, 0.2) is 0 Å². The third-order valence-corrected chi connectivity index (χ3v) is 1.69. The molecule has 0 spiro atoms. The first-order valence-corrected chi connectivity index (χ1v) is 5.73. The molecular weight excluding hydrogens is 236 g/mol. The summed E-state index contributed by atoms with van der Waals surface area (Å²) in [7, 11) is 0. The number of rotatable bonds is 4. The Morgan fingerprint density at radius 3 is 2.56 bits per heavy atom. The van der Waals surface area contributed by atoms with Gasteiger partial charge in [0.2, 0.25) is 11.6 Å². The molecule has 0 bridgehead atoms. The highest BCUT2D eigenvalue weighted by Crippen LogP contribution is 2.25. The molecule has 100 valence electrons. The smallest absolute Gasteiger partial charge is 0.314 e. The number of nitro groups is 1. The van der Waals surface area contributed by atoms with Crippen LogP contribution in [0.5, 0.6) is 5.75 Å². The topological polar surface area (TPSA) is 74.0 Å². The number of ether oxygens (including phenoxy) is 1. The fraction of sp³-hybridized carbons (Fsp3) is 0.417. The Morgan fingerprint density at radius 2 is 2.00 bits per heavy atom. The average Bonchev–Trinajstić information content (AvgIpc) is 2.39. The van der Waals surface area contributed by atoms with Crippen molar-refractivity contribution >= 4 is 11.6 Å². The summed E-state index contributed by atoms with van der Waals surface area (Å²) in [4.78, 5) is 15.0. The van der Waals surface area contributed by atoms with E-state index in [0.717, 1.165) is 0 Å². The van der Waals surface area contributed by atoms with E-state index >= 15 is 0 Å². The molecule has 1 aromatic rings. The van der Waals surface area contributed by atoms with Crippen LogP contribution in [0.2, 0.25) is 0 Å². The van der Waals surface area contributed by atoms with Crippen LogP contribution >= 0.6 is 0 Å². The molecule has 6 heteroatoms. The highest BCUT2D eigenvalue weighted by atomic mass is 16.7. The van der Waals surface area contributed by atoms with Crippen LogP contribution in [0.15, 0.2) is 29.4 Å². The van der Waals surface area contributed by atoms with Crippen LogP contribution in [0, 0.1) is 10.1 Å². The fourth-order valence-corrected chi connectivity index (χ4v) is 1.03. The van der Waals surface area contributed by atoms with Crippen LogP contribution in [0.3, 0.4) is 0 Å². The monoisotopic (exact) mass is 254 g/mol. The van der Waals surface area contributed by atoms with Crippen molar-refractivity contribution in [2.24, 2.45) is 5.16 Å². The summed E-state index contributed by atoms with van der Waals surface area (Å²) in [6.07, 6.45) is 0. The minimum absolute atomic E-state index is 0.0894. The van der Waals surface area contributed by atoms with Gasteiger partial charge in [-0.2, -0.15) is 0 Å². The Hall–Kier alpha value is -2.11.